The zero-order chi connectivity index (χ0) is 17.7. The number of ether oxygens (including phenoxy) is 2. The molecule has 3 amide bonds. The molecule has 1 aliphatic heterocycles. The van der Waals surface area contributed by atoms with Crippen molar-refractivity contribution in [2.45, 2.75) is 0 Å². The Kier molecular flexibility index (Phi) is 5.96. The lowest BCUT2D eigenvalue weighted by molar-refractivity contribution is -0.142. The molecule has 7 nitrogen and oxygen atoms in total. The van der Waals surface area contributed by atoms with Crippen LogP contribution < -0.4 is 10.1 Å². The van der Waals surface area contributed by atoms with Crippen molar-refractivity contribution < 1.29 is 23.9 Å². The van der Waals surface area contributed by atoms with E-state index in [9.17, 15) is 14.4 Å². The van der Waals surface area contributed by atoms with E-state index in [0.29, 0.717) is 11.3 Å². The van der Waals surface area contributed by atoms with Crippen LogP contribution in [0.2, 0.25) is 0 Å². The molecule has 0 radical (unpaired) electrons. The molecule has 1 aromatic rings. The Morgan fingerprint density at radius 1 is 1.42 bits per heavy atom. The lowest BCUT2D eigenvalue weighted by Crippen LogP contribution is -2.30. The fourth-order valence-electron chi connectivity index (χ4n) is 1.95. The van der Waals surface area contributed by atoms with Crippen LogP contribution in [0.25, 0.3) is 6.08 Å². The molecule has 0 unspecified atom stereocenters. The molecule has 126 valence electrons. The minimum absolute atomic E-state index is 0.153. The van der Waals surface area contributed by atoms with Gasteiger partial charge in [-0.3, -0.25) is 9.69 Å². The van der Waals surface area contributed by atoms with Crippen LogP contribution in [0.3, 0.4) is 0 Å². The summed E-state index contributed by atoms with van der Waals surface area (Å²) in [4.78, 5) is 36.0. The molecule has 0 aromatic heterocycles. The molecule has 2 rings (SSSR count). The van der Waals surface area contributed by atoms with Crippen molar-refractivity contribution in [1.82, 2.24) is 10.2 Å². The number of nitrogens with zero attached hydrogens (tertiary/aromatic N) is 1. The summed E-state index contributed by atoms with van der Waals surface area (Å²) in [6.45, 7) is 3.49. The molecule has 0 spiro atoms. The van der Waals surface area contributed by atoms with E-state index in [0.717, 1.165) is 8.47 Å². The molecule has 1 N–H and O–H groups in total. The normalized spacial score (nSPS) is 15.4. The first-order chi connectivity index (χ1) is 11.5. The molecule has 1 saturated heterocycles. The van der Waals surface area contributed by atoms with Crippen LogP contribution in [0.1, 0.15) is 5.56 Å². The molecule has 0 aliphatic carbocycles. The summed E-state index contributed by atoms with van der Waals surface area (Å²) in [6, 6.07) is 4.70. The highest BCUT2D eigenvalue weighted by Gasteiger charge is 2.32. The van der Waals surface area contributed by atoms with Crippen molar-refractivity contribution in [3.63, 3.8) is 0 Å². The van der Waals surface area contributed by atoms with Crippen molar-refractivity contribution in [2.75, 3.05) is 20.3 Å². The van der Waals surface area contributed by atoms with E-state index in [-0.39, 0.29) is 18.8 Å². The Morgan fingerprint density at radius 3 is 2.79 bits per heavy atom. The molecule has 1 fully saturated rings. The minimum Gasteiger partial charge on any atom is -0.481 e. The summed E-state index contributed by atoms with van der Waals surface area (Å²) < 4.78 is 10.6. The third-order valence-electron chi connectivity index (χ3n) is 3.11. The van der Waals surface area contributed by atoms with Gasteiger partial charge in [0.25, 0.3) is 5.91 Å². The number of carbonyl (C=O) groups excluding carboxylic acids is 3. The van der Waals surface area contributed by atoms with Gasteiger partial charge in [0.2, 0.25) is 0 Å². The van der Waals surface area contributed by atoms with Gasteiger partial charge in [-0.15, -0.1) is 6.58 Å². The molecule has 24 heavy (non-hydrogen) atoms. The predicted molar refractivity (Wildman–Crippen MR) is 95.1 cm³/mol. The van der Waals surface area contributed by atoms with Gasteiger partial charge in [0.1, 0.15) is 11.4 Å². The number of hydrogen-bond acceptors (Lipinski definition) is 5. The number of carbonyl (C=O) groups is 3. The highest BCUT2D eigenvalue weighted by molar-refractivity contribution is 14.1. The number of methoxy groups -OCH3 is 1. The van der Waals surface area contributed by atoms with Gasteiger partial charge in [0.05, 0.1) is 10.7 Å². The van der Waals surface area contributed by atoms with Gasteiger partial charge in [0, 0.05) is 6.54 Å². The first-order valence-corrected chi connectivity index (χ1v) is 7.98. The van der Waals surface area contributed by atoms with Crippen molar-refractivity contribution in [1.29, 1.82) is 0 Å². The number of hydrogen-bond donors (Lipinski definition) is 1. The van der Waals surface area contributed by atoms with Gasteiger partial charge in [-0.05, 0) is 46.4 Å². The summed E-state index contributed by atoms with van der Waals surface area (Å²) in [5.41, 5.74) is 0.912. The topological polar surface area (TPSA) is 84.9 Å². The minimum atomic E-state index is -0.474. The van der Waals surface area contributed by atoms with E-state index in [1.807, 2.05) is 0 Å². The van der Waals surface area contributed by atoms with Crippen LogP contribution in [0, 0.1) is 3.57 Å². The van der Waals surface area contributed by atoms with Crippen LogP contribution in [-0.4, -0.2) is 43.1 Å². The highest BCUT2D eigenvalue weighted by Crippen LogP contribution is 2.24. The fourth-order valence-corrected chi connectivity index (χ4v) is 2.65. The summed E-state index contributed by atoms with van der Waals surface area (Å²) in [7, 11) is 1.29. The number of imide groups is 1. The number of benzene rings is 1. The summed E-state index contributed by atoms with van der Waals surface area (Å²) in [5.74, 6) is -0.349. The average Bonchev–Trinajstić information content (AvgIpc) is 2.81. The van der Waals surface area contributed by atoms with Gasteiger partial charge in [0.15, 0.2) is 6.61 Å². The molecule has 0 saturated carbocycles. The van der Waals surface area contributed by atoms with Crippen molar-refractivity contribution in [3.8, 4) is 5.75 Å². The van der Waals surface area contributed by atoms with Crippen LogP contribution >= 0.6 is 22.6 Å². The Bertz CT molecular complexity index is 729. The predicted octanol–water partition coefficient (Wildman–Crippen LogP) is 1.92. The summed E-state index contributed by atoms with van der Waals surface area (Å²) in [6.07, 6.45) is 3.06. The molecule has 1 aliphatic rings. The largest absolute Gasteiger partial charge is 0.481 e. The Morgan fingerprint density at radius 2 is 2.17 bits per heavy atom. The number of esters is 1. The maximum atomic E-state index is 12.1. The Balaban J connectivity index is 2.14. The van der Waals surface area contributed by atoms with Gasteiger partial charge in [-0.1, -0.05) is 12.1 Å². The molecule has 0 bridgehead atoms. The van der Waals surface area contributed by atoms with E-state index in [1.54, 1.807) is 24.3 Å². The number of rotatable bonds is 6. The van der Waals surface area contributed by atoms with Crippen LogP contribution in [0.15, 0.2) is 36.6 Å². The first kappa shape index (κ1) is 18.0. The van der Waals surface area contributed by atoms with E-state index < -0.39 is 17.9 Å². The molecule has 1 aromatic carbocycles. The molecular weight excluding hydrogens is 427 g/mol. The molecule has 1 heterocycles. The maximum absolute atomic E-state index is 12.1. The second-order valence-electron chi connectivity index (χ2n) is 4.75. The molecule has 0 atom stereocenters. The SMILES string of the molecule is C=CCN1C(=O)N/C(=C/c2ccc(OCC(=O)OC)c(I)c2)C1=O. The smallest absolute Gasteiger partial charge is 0.343 e. The average molecular weight is 442 g/mol. The van der Waals surface area contributed by atoms with Crippen LogP contribution in [-0.2, 0) is 14.3 Å². The van der Waals surface area contributed by atoms with E-state index in [1.165, 1.54) is 13.2 Å². The second-order valence-corrected chi connectivity index (χ2v) is 5.91. The monoisotopic (exact) mass is 442 g/mol. The van der Waals surface area contributed by atoms with Crippen molar-refractivity contribution in [3.05, 3.63) is 45.7 Å². The lowest BCUT2D eigenvalue weighted by atomic mass is 10.2. The Hall–Kier alpha value is -2.36. The molecule has 8 heteroatoms. The third-order valence-corrected chi connectivity index (χ3v) is 3.96. The quantitative estimate of drug-likeness (QED) is 0.239. The van der Waals surface area contributed by atoms with Crippen molar-refractivity contribution in [2.24, 2.45) is 0 Å². The van der Waals surface area contributed by atoms with Gasteiger partial charge in [-0.2, -0.15) is 0 Å². The van der Waals surface area contributed by atoms with Gasteiger partial charge < -0.3 is 14.8 Å². The zero-order valence-corrected chi connectivity index (χ0v) is 15.0. The maximum Gasteiger partial charge on any atom is 0.343 e. The Labute approximate surface area is 152 Å². The van der Waals surface area contributed by atoms with E-state index in [2.05, 4.69) is 39.2 Å². The summed E-state index contributed by atoms with van der Waals surface area (Å²) in [5, 5.41) is 2.52. The second kappa shape index (κ2) is 7.95. The van der Waals surface area contributed by atoms with Gasteiger partial charge >= 0.3 is 12.0 Å². The summed E-state index contributed by atoms with van der Waals surface area (Å²) >= 11 is 2.06. The number of nitrogens with one attached hydrogen (secondary N) is 1. The van der Waals surface area contributed by atoms with E-state index >= 15 is 0 Å². The molecular formula is C16H15IN2O5. The van der Waals surface area contributed by atoms with Crippen molar-refractivity contribution >= 4 is 46.6 Å². The fraction of sp³-hybridized carbons (Fsp3) is 0.188. The zero-order valence-electron chi connectivity index (χ0n) is 12.9. The van der Waals surface area contributed by atoms with Crippen LogP contribution in [0.4, 0.5) is 4.79 Å². The number of amides is 3. The standard InChI is InChI=1S/C16H15IN2O5/c1-3-6-19-15(21)12(18-16(19)22)8-10-4-5-13(11(17)7-10)24-9-14(20)23-2/h3-5,7-8H,1,6,9H2,2H3,(H,18,22)/b12-8+. The lowest BCUT2D eigenvalue weighted by Gasteiger charge is -2.08. The van der Waals surface area contributed by atoms with E-state index in [4.69, 9.17) is 4.74 Å². The first-order valence-electron chi connectivity index (χ1n) is 6.91. The van der Waals surface area contributed by atoms with Gasteiger partial charge in [-0.25, -0.2) is 9.59 Å². The van der Waals surface area contributed by atoms with Crippen LogP contribution in [0.5, 0.6) is 5.75 Å². The third kappa shape index (κ3) is 4.13. The highest BCUT2D eigenvalue weighted by atomic mass is 127. The number of urea groups is 1. The number of halogens is 1.